The number of nitrogens with one attached hydrogen (secondary N) is 4. The van der Waals surface area contributed by atoms with Crippen LogP contribution < -0.4 is 20.1 Å². The van der Waals surface area contributed by atoms with Crippen LogP contribution in [-0.4, -0.2) is 57.2 Å². The first-order valence-corrected chi connectivity index (χ1v) is 16.3. The van der Waals surface area contributed by atoms with Crippen molar-refractivity contribution in [3.05, 3.63) is 118 Å². The number of nitrogens with zero attached hydrogens (tertiary/aromatic N) is 4. The van der Waals surface area contributed by atoms with Gasteiger partial charge in [0.15, 0.2) is 0 Å². The van der Waals surface area contributed by atoms with Crippen LogP contribution in [0.2, 0.25) is 10.0 Å². The van der Waals surface area contributed by atoms with Crippen molar-refractivity contribution >= 4 is 23.2 Å². The molecule has 0 bridgehead atoms. The number of benzene rings is 2. The molecule has 0 aliphatic rings. The molecule has 246 valence electrons. The van der Waals surface area contributed by atoms with E-state index in [2.05, 4.69) is 30.6 Å². The largest absolute Gasteiger partial charge is 0.481 e. The number of halogens is 2. The molecule has 0 radical (unpaired) electrons. The standard InChI is InChI=1S/C36H36Cl2N8O2/c1-47-35-23(21-39-15-13-31-41-17-18-42-31)9-11-29(45-35)27-7-3-5-25(33(27)37)26-6-4-8-28(34(26)38)30-12-10-24(36(46-30)48-2)22-40-16-14-32-43-19-20-44-32/h3-12,17-20,39-40H,13-16,21-22H2,1-2H3,(H,41,42)(H,43,44). The molecule has 4 N–H and O–H groups in total. The predicted octanol–water partition coefficient (Wildman–Crippen LogP) is 6.91. The number of rotatable bonds is 15. The van der Waals surface area contributed by atoms with Gasteiger partial charge in [0.05, 0.1) is 35.7 Å². The van der Waals surface area contributed by atoms with Gasteiger partial charge in [-0.3, -0.25) is 0 Å². The van der Waals surface area contributed by atoms with Crippen LogP contribution in [0.5, 0.6) is 11.8 Å². The Labute approximate surface area is 289 Å². The molecule has 48 heavy (non-hydrogen) atoms. The van der Waals surface area contributed by atoms with E-state index in [4.69, 9.17) is 42.6 Å². The lowest BCUT2D eigenvalue weighted by molar-refractivity contribution is 0.391. The van der Waals surface area contributed by atoms with Crippen molar-refractivity contribution in [2.75, 3.05) is 27.3 Å². The van der Waals surface area contributed by atoms with Gasteiger partial charge in [-0.1, -0.05) is 71.7 Å². The van der Waals surface area contributed by atoms with Crippen LogP contribution in [0.25, 0.3) is 33.6 Å². The normalized spacial score (nSPS) is 11.2. The number of hydrogen-bond donors (Lipinski definition) is 4. The zero-order valence-electron chi connectivity index (χ0n) is 26.7. The summed E-state index contributed by atoms with van der Waals surface area (Å²) < 4.78 is 11.3. The highest BCUT2D eigenvalue weighted by Gasteiger charge is 2.18. The maximum atomic E-state index is 7.09. The van der Waals surface area contributed by atoms with Gasteiger partial charge in [-0.05, 0) is 12.1 Å². The van der Waals surface area contributed by atoms with Crippen LogP contribution in [0.3, 0.4) is 0 Å². The van der Waals surface area contributed by atoms with Gasteiger partial charge in [-0.25, -0.2) is 19.9 Å². The third-order valence-corrected chi connectivity index (χ3v) is 8.74. The molecule has 12 heteroatoms. The zero-order valence-corrected chi connectivity index (χ0v) is 28.2. The van der Waals surface area contributed by atoms with Crippen molar-refractivity contribution in [3.8, 4) is 45.4 Å². The number of H-pyrrole nitrogens is 2. The molecule has 0 spiro atoms. The van der Waals surface area contributed by atoms with Crippen molar-refractivity contribution < 1.29 is 9.47 Å². The number of pyridine rings is 2. The summed E-state index contributed by atoms with van der Waals surface area (Å²) in [7, 11) is 3.24. The van der Waals surface area contributed by atoms with Gasteiger partial charge in [-0.15, -0.1) is 0 Å². The molecule has 0 aliphatic carbocycles. The van der Waals surface area contributed by atoms with E-state index >= 15 is 0 Å². The van der Waals surface area contributed by atoms with E-state index in [-0.39, 0.29) is 0 Å². The molecule has 10 nitrogen and oxygen atoms in total. The van der Waals surface area contributed by atoms with Gasteiger partial charge in [0, 0.05) is 97.2 Å². The Morgan fingerprint density at radius 3 is 1.44 bits per heavy atom. The summed E-state index contributed by atoms with van der Waals surface area (Å²) >= 11 is 14.2. The minimum Gasteiger partial charge on any atom is -0.481 e. The van der Waals surface area contributed by atoms with Crippen LogP contribution in [0.15, 0.2) is 85.5 Å². The summed E-state index contributed by atoms with van der Waals surface area (Å²) in [6, 6.07) is 19.6. The second kappa shape index (κ2) is 15.9. The Kier molecular flexibility index (Phi) is 11.0. The average Bonchev–Trinajstić information content (AvgIpc) is 3.84. The summed E-state index contributed by atoms with van der Waals surface area (Å²) in [6.45, 7) is 2.75. The highest BCUT2D eigenvalue weighted by Crippen LogP contribution is 2.42. The molecule has 0 amide bonds. The van der Waals surface area contributed by atoms with E-state index in [0.717, 1.165) is 71.0 Å². The Morgan fingerprint density at radius 2 is 1.04 bits per heavy atom. The Balaban J connectivity index is 1.19. The van der Waals surface area contributed by atoms with E-state index in [0.29, 0.717) is 46.3 Å². The molecule has 4 aromatic heterocycles. The first-order valence-electron chi connectivity index (χ1n) is 15.6. The minimum atomic E-state index is 0.538. The molecule has 6 aromatic rings. The Bertz CT molecular complexity index is 1810. The van der Waals surface area contributed by atoms with Gasteiger partial charge in [0.1, 0.15) is 11.6 Å². The van der Waals surface area contributed by atoms with E-state index in [1.165, 1.54) is 0 Å². The topological polar surface area (TPSA) is 126 Å². The van der Waals surface area contributed by atoms with Crippen molar-refractivity contribution in [3.63, 3.8) is 0 Å². The smallest absolute Gasteiger partial charge is 0.218 e. The van der Waals surface area contributed by atoms with Crippen LogP contribution >= 0.6 is 23.2 Å². The lowest BCUT2D eigenvalue weighted by Crippen LogP contribution is -2.18. The Hall–Kier alpha value is -4.74. The van der Waals surface area contributed by atoms with Gasteiger partial charge in [0.2, 0.25) is 11.8 Å². The van der Waals surface area contributed by atoms with Crippen molar-refractivity contribution in [2.45, 2.75) is 25.9 Å². The van der Waals surface area contributed by atoms with Gasteiger partial charge < -0.3 is 30.1 Å². The molecular weight excluding hydrogens is 647 g/mol. The SMILES string of the molecule is COc1nc(-c2cccc(-c3cccc(-c4ccc(CNCCc5ncc[nH]5)c(OC)n4)c3Cl)c2Cl)ccc1CNCCc1ncc[nH]1. The highest BCUT2D eigenvalue weighted by molar-refractivity contribution is 6.39. The molecule has 0 atom stereocenters. The fourth-order valence-electron chi connectivity index (χ4n) is 5.47. The summed E-state index contributed by atoms with van der Waals surface area (Å²) in [5.74, 6) is 2.96. The molecule has 6 rings (SSSR count). The maximum Gasteiger partial charge on any atom is 0.218 e. The van der Waals surface area contributed by atoms with Gasteiger partial charge >= 0.3 is 0 Å². The zero-order chi connectivity index (χ0) is 33.3. The number of aromatic nitrogens is 6. The van der Waals surface area contributed by atoms with Crippen LogP contribution in [0.1, 0.15) is 22.8 Å². The van der Waals surface area contributed by atoms with Crippen molar-refractivity contribution in [1.29, 1.82) is 0 Å². The van der Waals surface area contributed by atoms with E-state index in [1.807, 2.05) is 73.1 Å². The van der Waals surface area contributed by atoms with Crippen LogP contribution in [-0.2, 0) is 25.9 Å². The second-order valence-electron chi connectivity index (χ2n) is 11.0. The third kappa shape index (κ3) is 7.69. The van der Waals surface area contributed by atoms with E-state index < -0.39 is 0 Å². The fourth-order valence-corrected chi connectivity index (χ4v) is 6.12. The van der Waals surface area contributed by atoms with Crippen molar-refractivity contribution in [1.82, 2.24) is 40.5 Å². The first kappa shape index (κ1) is 33.2. The Morgan fingerprint density at radius 1 is 0.604 bits per heavy atom. The number of aromatic amines is 2. The monoisotopic (exact) mass is 682 g/mol. The first-order chi connectivity index (χ1) is 23.6. The highest BCUT2D eigenvalue weighted by atomic mass is 35.5. The fraction of sp³-hybridized carbons (Fsp3) is 0.222. The molecule has 0 fully saturated rings. The molecule has 4 heterocycles. The van der Waals surface area contributed by atoms with Crippen LogP contribution in [0, 0.1) is 0 Å². The molecule has 2 aromatic carbocycles. The summed E-state index contributed by atoms with van der Waals surface area (Å²) in [5, 5.41) is 7.93. The summed E-state index contributed by atoms with van der Waals surface area (Å²) in [6.07, 6.45) is 8.75. The second-order valence-corrected chi connectivity index (χ2v) is 11.7. The molecular formula is C36H36Cl2N8O2. The number of imidazole rings is 2. The van der Waals surface area contributed by atoms with Crippen molar-refractivity contribution in [2.24, 2.45) is 0 Å². The molecule has 0 unspecified atom stereocenters. The number of methoxy groups -OCH3 is 2. The molecule has 0 saturated heterocycles. The predicted molar refractivity (Wildman–Crippen MR) is 189 cm³/mol. The quantitative estimate of drug-likeness (QED) is 0.0861. The maximum absolute atomic E-state index is 7.09. The number of ether oxygens (including phenoxy) is 2. The lowest BCUT2D eigenvalue weighted by Gasteiger charge is -2.15. The van der Waals surface area contributed by atoms with Gasteiger partial charge in [-0.2, -0.15) is 0 Å². The van der Waals surface area contributed by atoms with E-state index in [1.54, 1.807) is 26.6 Å². The lowest BCUT2D eigenvalue weighted by atomic mass is 9.98. The summed E-state index contributed by atoms with van der Waals surface area (Å²) in [4.78, 5) is 24.4. The average molecular weight is 684 g/mol. The van der Waals surface area contributed by atoms with E-state index in [9.17, 15) is 0 Å². The molecule has 0 saturated carbocycles. The molecule has 0 aliphatic heterocycles. The summed E-state index contributed by atoms with van der Waals surface area (Å²) in [5.41, 5.74) is 6.41. The number of hydrogen-bond acceptors (Lipinski definition) is 8. The van der Waals surface area contributed by atoms with Crippen LogP contribution in [0.4, 0.5) is 0 Å². The third-order valence-electron chi connectivity index (χ3n) is 7.92. The van der Waals surface area contributed by atoms with Gasteiger partial charge in [0.25, 0.3) is 0 Å². The minimum absolute atomic E-state index is 0.538.